The fourth-order valence-electron chi connectivity index (χ4n) is 2.83. The Morgan fingerprint density at radius 1 is 1.06 bits per heavy atom. The maximum absolute atomic E-state index is 13.8. The first kappa shape index (κ1) is 32.3. The van der Waals surface area contributed by atoms with E-state index in [0.717, 1.165) is 28.0 Å². The Bertz CT molecular complexity index is 1120. The first-order chi connectivity index (χ1) is 16.2. The van der Waals surface area contributed by atoms with Gasteiger partial charge < -0.3 is 21.8 Å². The maximum atomic E-state index is 13.8. The van der Waals surface area contributed by atoms with Crippen molar-refractivity contribution in [1.82, 2.24) is 4.98 Å². The number of benzene rings is 2. The zero-order chi connectivity index (χ0) is 25.7. The summed E-state index contributed by atoms with van der Waals surface area (Å²) in [6.45, 7) is 7.05. The number of anilines is 1. The normalized spacial score (nSPS) is 10.5. The molecule has 8 heteroatoms. The predicted molar refractivity (Wildman–Crippen MR) is 138 cm³/mol. The maximum Gasteiger partial charge on any atom is 2.00 e. The van der Waals surface area contributed by atoms with Gasteiger partial charge in [-0.1, -0.05) is 54.4 Å². The summed E-state index contributed by atoms with van der Waals surface area (Å²) in [5.41, 5.74) is 18.2. The van der Waals surface area contributed by atoms with E-state index in [-0.39, 0.29) is 54.4 Å². The van der Waals surface area contributed by atoms with Crippen molar-refractivity contribution in [3.63, 3.8) is 0 Å². The van der Waals surface area contributed by atoms with Crippen molar-refractivity contribution in [2.45, 2.75) is 20.3 Å². The van der Waals surface area contributed by atoms with Crippen LogP contribution in [-0.4, -0.2) is 19.1 Å². The number of hydrogen-bond donors (Lipinski definition) is 2. The molecule has 0 fully saturated rings. The number of nitrogens with one attached hydrogen (secondary N) is 4. The van der Waals surface area contributed by atoms with Crippen molar-refractivity contribution < 1.29 is 44.3 Å². The number of halogens is 3. The van der Waals surface area contributed by atoms with E-state index in [4.69, 9.17) is 11.5 Å². The van der Waals surface area contributed by atoms with Gasteiger partial charge in [-0.3, -0.25) is 0 Å². The molecule has 0 saturated carbocycles. The van der Waals surface area contributed by atoms with Crippen LogP contribution in [0.5, 0.6) is 0 Å². The summed E-state index contributed by atoms with van der Waals surface area (Å²) in [6, 6.07) is 12.9. The Kier molecular flexibility index (Phi) is 15.6. The van der Waals surface area contributed by atoms with Crippen molar-refractivity contribution in [3.05, 3.63) is 119 Å². The zero-order valence-electron chi connectivity index (χ0n) is 20.4. The summed E-state index contributed by atoms with van der Waals surface area (Å²) in [4.78, 5) is 2.98. The van der Waals surface area contributed by atoms with Crippen LogP contribution in [-0.2, 0) is 6.42 Å². The third-order valence-electron chi connectivity index (χ3n) is 4.55. The van der Waals surface area contributed by atoms with Crippen LogP contribution < -0.4 is 5.32 Å². The molecule has 4 N–H and O–H groups in total. The van der Waals surface area contributed by atoms with Crippen molar-refractivity contribution >= 4 is 11.5 Å². The first-order valence-electron chi connectivity index (χ1n) is 10.5. The van der Waals surface area contributed by atoms with E-state index < -0.39 is 0 Å². The van der Waals surface area contributed by atoms with Crippen molar-refractivity contribution in [2.24, 2.45) is 0 Å². The zero-order valence-corrected chi connectivity index (χ0v) is 24.6. The van der Waals surface area contributed by atoms with Gasteiger partial charge in [0.2, 0.25) is 0 Å². The van der Waals surface area contributed by atoms with Crippen LogP contribution in [0.1, 0.15) is 25.0 Å². The van der Waals surface area contributed by atoms with Gasteiger partial charge in [-0.15, -0.1) is 0 Å². The topological polar surface area (TPSA) is 75.4 Å². The van der Waals surface area contributed by atoms with Gasteiger partial charge >= 0.3 is 31.1 Å². The molecular weight excluding hydrogens is 675 g/mol. The summed E-state index contributed by atoms with van der Waals surface area (Å²) >= 11 is 0. The summed E-state index contributed by atoms with van der Waals surface area (Å²) in [5.74, 6) is -0.557. The first-order valence-corrected chi connectivity index (χ1v) is 10.5. The standard InChI is InChI=1S/C18H16F2N3.C8H11F.CH4N.U/c1-22-16-7-2-11(9-15(16)20)8-13-10-17(23-18(13)21)12-3-5-14(19)6-4-12;1-4-8(9)6-5-7(2)3;1-2;/h2-7,9-10,21-23H,8H2,1H3;4-6H,2H2,1,3H3;2H,1H3;/q-1;;-1;+2/b;6-5-,8-4+;;. The van der Waals surface area contributed by atoms with Crippen LogP contribution in [0.15, 0.2) is 84.7 Å². The molecule has 0 aliphatic carbocycles. The fourth-order valence-corrected chi connectivity index (χ4v) is 2.83. The number of aromatic amines is 1. The van der Waals surface area contributed by atoms with E-state index in [9.17, 15) is 13.2 Å². The SMILES string of the molecule is C=C(C)/C=C\C(F)=C/C.CNc1ccc(Cc2cc(-c3ccc(F)cc3)[nH]c2[NH-])cc1F.C[NH-].[U+2]. The van der Waals surface area contributed by atoms with Crippen LogP contribution in [0.3, 0.4) is 0 Å². The Morgan fingerprint density at radius 3 is 2.20 bits per heavy atom. The molecule has 0 aliphatic rings. The average Bonchev–Trinajstić information content (AvgIpc) is 3.19. The molecule has 0 atom stereocenters. The molecule has 0 amide bonds. The molecule has 3 rings (SSSR count). The van der Waals surface area contributed by atoms with Crippen LogP contribution in [0.25, 0.3) is 22.7 Å². The van der Waals surface area contributed by atoms with E-state index in [1.807, 2.05) is 19.1 Å². The van der Waals surface area contributed by atoms with Gasteiger partial charge in [-0.05, 0) is 73.0 Å². The summed E-state index contributed by atoms with van der Waals surface area (Å²) in [5, 5.41) is 2.78. The summed E-state index contributed by atoms with van der Waals surface area (Å²) in [7, 11) is 2.92. The van der Waals surface area contributed by atoms with E-state index in [1.165, 1.54) is 37.4 Å². The third kappa shape index (κ3) is 11.1. The molecule has 0 unspecified atom stereocenters. The van der Waals surface area contributed by atoms with Crippen molar-refractivity contribution in [2.75, 3.05) is 19.4 Å². The number of hydrogen-bond acceptors (Lipinski definition) is 1. The molecular formula is C27H31F3N4U. The molecule has 1 heterocycles. The summed E-state index contributed by atoms with van der Waals surface area (Å²) in [6.07, 6.45) is 4.88. The second-order valence-corrected chi connectivity index (χ2v) is 7.18. The Balaban J connectivity index is 0.000000823. The Morgan fingerprint density at radius 2 is 1.69 bits per heavy atom. The third-order valence-corrected chi connectivity index (χ3v) is 4.55. The second-order valence-electron chi connectivity index (χ2n) is 7.18. The van der Waals surface area contributed by atoms with Gasteiger partial charge in [-0.25, -0.2) is 13.2 Å². The average molecular weight is 707 g/mol. The van der Waals surface area contributed by atoms with Crippen LogP contribution >= 0.6 is 0 Å². The molecule has 0 aliphatic heterocycles. The van der Waals surface area contributed by atoms with E-state index in [1.54, 1.807) is 38.2 Å². The minimum atomic E-state index is -0.314. The summed E-state index contributed by atoms with van der Waals surface area (Å²) < 4.78 is 39.0. The second kappa shape index (κ2) is 16.9. The molecule has 0 spiro atoms. The van der Waals surface area contributed by atoms with Gasteiger partial charge in [0.1, 0.15) is 17.5 Å². The van der Waals surface area contributed by atoms with Crippen molar-refractivity contribution in [3.8, 4) is 11.3 Å². The van der Waals surface area contributed by atoms with Crippen LogP contribution in [0.2, 0.25) is 0 Å². The minimum absolute atomic E-state index is 0. The smallest absolute Gasteiger partial charge is 0.680 e. The predicted octanol–water partition coefficient (Wildman–Crippen LogP) is 8.94. The van der Waals surface area contributed by atoms with Gasteiger partial charge in [0.05, 0.1) is 5.69 Å². The number of allylic oxidation sites excluding steroid dienone is 5. The fraction of sp³-hybridized carbons (Fsp3) is 0.185. The van der Waals surface area contributed by atoms with Gasteiger partial charge in [0.25, 0.3) is 0 Å². The van der Waals surface area contributed by atoms with E-state index in [2.05, 4.69) is 16.9 Å². The largest absolute Gasteiger partial charge is 2.00 e. The molecule has 0 bridgehead atoms. The molecule has 184 valence electrons. The number of rotatable bonds is 6. The molecule has 1 aromatic heterocycles. The molecule has 2 aromatic carbocycles. The Labute approximate surface area is 229 Å². The van der Waals surface area contributed by atoms with E-state index in [0.29, 0.717) is 12.1 Å². The van der Waals surface area contributed by atoms with Gasteiger partial charge in [0, 0.05) is 7.05 Å². The molecule has 0 saturated heterocycles. The van der Waals surface area contributed by atoms with Gasteiger partial charge in [-0.2, -0.15) is 7.05 Å². The van der Waals surface area contributed by atoms with E-state index >= 15 is 0 Å². The minimum Gasteiger partial charge on any atom is -0.680 e. The number of aromatic nitrogens is 1. The number of H-pyrrole nitrogens is 1. The molecule has 0 radical (unpaired) electrons. The van der Waals surface area contributed by atoms with Gasteiger partial charge in [0.15, 0.2) is 0 Å². The Hall–Kier alpha value is -2.66. The van der Waals surface area contributed by atoms with Crippen LogP contribution in [0, 0.1) is 42.7 Å². The monoisotopic (exact) mass is 706 g/mol. The molecule has 3 aromatic rings. The van der Waals surface area contributed by atoms with Crippen LogP contribution in [0.4, 0.5) is 24.7 Å². The van der Waals surface area contributed by atoms with Crippen molar-refractivity contribution in [1.29, 1.82) is 0 Å². The molecule has 4 nitrogen and oxygen atoms in total. The quantitative estimate of drug-likeness (QED) is 0.247. The molecule has 35 heavy (non-hydrogen) atoms.